The van der Waals surface area contributed by atoms with Gasteiger partial charge in [0.25, 0.3) is 0 Å². The molecule has 3 rings (SSSR count). The SMILES string of the molecule is CCNC(=NCCCc1nc2ccccc2[nH]1)NC1CCS(=O)(=O)C1.I. The van der Waals surface area contributed by atoms with E-state index in [0.717, 1.165) is 36.2 Å². The molecule has 0 radical (unpaired) electrons. The van der Waals surface area contributed by atoms with Gasteiger partial charge in [0.05, 0.1) is 22.5 Å². The van der Waals surface area contributed by atoms with Gasteiger partial charge < -0.3 is 15.6 Å². The van der Waals surface area contributed by atoms with Crippen LogP contribution in [0.5, 0.6) is 0 Å². The predicted octanol–water partition coefficient (Wildman–Crippen LogP) is 1.86. The topological polar surface area (TPSA) is 99.2 Å². The van der Waals surface area contributed by atoms with Gasteiger partial charge in [-0.05, 0) is 31.9 Å². The van der Waals surface area contributed by atoms with E-state index in [9.17, 15) is 8.42 Å². The number of halogens is 1. The van der Waals surface area contributed by atoms with Crippen molar-refractivity contribution in [2.75, 3.05) is 24.6 Å². The minimum atomic E-state index is -2.89. The third-order valence-corrected chi connectivity index (χ3v) is 5.97. The lowest BCUT2D eigenvalue weighted by Crippen LogP contribution is -2.44. The maximum atomic E-state index is 11.6. The Balaban J connectivity index is 0.00000243. The van der Waals surface area contributed by atoms with Gasteiger partial charge in [-0.1, -0.05) is 12.1 Å². The molecule has 3 N–H and O–H groups in total. The van der Waals surface area contributed by atoms with E-state index in [2.05, 4.69) is 25.6 Å². The van der Waals surface area contributed by atoms with Crippen molar-refractivity contribution in [3.8, 4) is 0 Å². The molecular formula is C17H26IN5O2S. The predicted molar refractivity (Wildman–Crippen MR) is 116 cm³/mol. The highest BCUT2D eigenvalue weighted by molar-refractivity contribution is 14.0. The van der Waals surface area contributed by atoms with Gasteiger partial charge in [0, 0.05) is 25.6 Å². The Bertz CT molecular complexity index is 817. The average Bonchev–Trinajstić information content (AvgIpc) is 3.14. The third kappa shape index (κ3) is 5.83. The maximum absolute atomic E-state index is 11.6. The number of nitrogens with one attached hydrogen (secondary N) is 3. The molecule has 26 heavy (non-hydrogen) atoms. The molecule has 1 atom stereocenters. The summed E-state index contributed by atoms with van der Waals surface area (Å²) in [5, 5.41) is 6.41. The Morgan fingerprint density at radius 1 is 1.38 bits per heavy atom. The molecule has 1 aliphatic heterocycles. The Morgan fingerprint density at radius 3 is 2.88 bits per heavy atom. The fraction of sp³-hybridized carbons (Fsp3) is 0.529. The normalized spacial score (nSPS) is 19.3. The summed E-state index contributed by atoms with van der Waals surface area (Å²) < 4.78 is 23.1. The van der Waals surface area contributed by atoms with Crippen LogP contribution in [0.15, 0.2) is 29.3 Å². The first-order valence-corrected chi connectivity index (χ1v) is 10.6. The van der Waals surface area contributed by atoms with Crippen molar-refractivity contribution < 1.29 is 8.42 Å². The Hall–Kier alpha value is -1.36. The summed E-state index contributed by atoms with van der Waals surface area (Å²) in [6, 6.07) is 7.95. The van der Waals surface area contributed by atoms with Crippen LogP contribution in [0.3, 0.4) is 0 Å². The molecule has 2 heterocycles. The molecule has 0 bridgehead atoms. The summed E-state index contributed by atoms with van der Waals surface area (Å²) in [6.45, 7) is 3.40. The first-order valence-electron chi connectivity index (χ1n) is 8.74. The number of aromatic nitrogens is 2. The zero-order chi connectivity index (χ0) is 17.7. The number of aliphatic imine (C=N–C) groups is 1. The summed E-state index contributed by atoms with van der Waals surface area (Å²) in [5.74, 6) is 2.11. The summed E-state index contributed by atoms with van der Waals surface area (Å²) in [7, 11) is -2.89. The molecule has 1 aromatic heterocycles. The lowest BCUT2D eigenvalue weighted by molar-refractivity contribution is 0.599. The molecule has 144 valence electrons. The number of hydrogen-bond acceptors (Lipinski definition) is 4. The van der Waals surface area contributed by atoms with Crippen LogP contribution in [0.4, 0.5) is 0 Å². The Morgan fingerprint density at radius 2 is 2.19 bits per heavy atom. The molecule has 9 heteroatoms. The highest BCUT2D eigenvalue weighted by Gasteiger charge is 2.28. The van der Waals surface area contributed by atoms with Gasteiger partial charge >= 0.3 is 0 Å². The summed E-state index contributed by atoms with van der Waals surface area (Å²) in [6.07, 6.45) is 2.35. The molecule has 0 spiro atoms. The van der Waals surface area contributed by atoms with Gasteiger partial charge in [0.2, 0.25) is 0 Å². The standard InChI is InChI=1S/C17H25N5O2S.HI/c1-2-18-17(20-13-9-11-25(23,24)12-13)19-10-5-8-16-21-14-6-3-4-7-15(14)22-16;/h3-4,6-7,13H,2,5,8-12H2,1H3,(H,21,22)(H2,18,19,20);1H. The summed E-state index contributed by atoms with van der Waals surface area (Å²) in [5.41, 5.74) is 2.04. The van der Waals surface area contributed by atoms with Crippen molar-refractivity contribution in [3.05, 3.63) is 30.1 Å². The number of imidazole rings is 1. The number of aryl methyl sites for hydroxylation is 1. The second kappa shape index (κ2) is 9.54. The number of benzene rings is 1. The molecule has 1 aliphatic rings. The van der Waals surface area contributed by atoms with E-state index in [1.807, 2.05) is 31.2 Å². The van der Waals surface area contributed by atoms with Gasteiger partial charge in [-0.25, -0.2) is 13.4 Å². The van der Waals surface area contributed by atoms with E-state index in [1.165, 1.54) is 0 Å². The second-order valence-electron chi connectivity index (χ2n) is 6.31. The molecule has 1 fully saturated rings. The van der Waals surface area contributed by atoms with Crippen LogP contribution < -0.4 is 10.6 Å². The molecule has 7 nitrogen and oxygen atoms in total. The first kappa shape index (κ1) is 20.9. The first-order chi connectivity index (χ1) is 12.1. The molecule has 1 unspecified atom stereocenters. The molecule has 0 saturated carbocycles. The van der Waals surface area contributed by atoms with Crippen LogP contribution in [0, 0.1) is 0 Å². The van der Waals surface area contributed by atoms with Crippen molar-refractivity contribution >= 4 is 50.8 Å². The van der Waals surface area contributed by atoms with Gasteiger partial charge in [-0.2, -0.15) is 0 Å². The number of rotatable bonds is 6. The number of guanidine groups is 1. The zero-order valence-corrected chi connectivity index (χ0v) is 18.0. The summed E-state index contributed by atoms with van der Waals surface area (Å²) in [4.78, 5) is 12.4. The third-order valence-electron chi connectivity index (χ3n) is 4.20. The quantitative estimate of drug-likeness (QED) is 0.248. The highest BCUT2D eigenvalue weighted by atomic mass is 127. The van der Waals surface area contributed by atoms with Gasteiger partial charge in [-0.3, -0.25) is 4.99 Å². The van der Waals surface area contributed by atoms with E-state index in [4.69, 9.17) is 0 Å². The van der Waals surface area contributed by atoms with E-state index in [1.54, 1.807) is 0 Å². The summed E-state index contributed by atoms with van der Waals surface area (Å²) >= 11 is 0. The van der Waals surface area contributed by atoms with Gasteiger partial charge in [0.1, 0.15) is 5.82 Å². The highest BCUT2D eigenvalue weighted by Crippen LogP contribution is 2.12. The Kier molecular flexibility index (Phi) is 7.69. The van der Waals surface area contributed by atoms with Crippen LogP contribution in [0.2, 0.25) is 0 Å². The van der Waals surface area contributed by atoms with E-state index >= 15 is 0 Å². The second-order valence-corrected chi connectivity index (χ2v) is 8.54. The minimum Gasteiger partial charge on any atom is -0.357 e. The van der Waals surface area contributed by atoms with Crippen LogP contribution in [0.1, 0.15) is 25.6 Å². The monoisotopic (exact) mass is 491 g/mol. The van der Waals surface area contributed by atoms with E-state index in [-0.39, 0.29) is 41.5 Å². The molecule has 0 aliphatic carbocycles. The number of aromatic amines is 1. The fourth-order valence-electron chi connectivity index (χ4n) is 2.98. The van der Waals surface area contributed by atoms with E-state index in [0.29, 0.717) is 18.9 Å². The van der Waals surface area contributed by atoms with Crippen LogP contribution >= 0.6 is 24.0 Å². The number of H-pyrrole nitrogens is 1. The molecular weight excluding hydrogens is 465 g/mol. The average molecular weight is 491 g/mol. The Labute approximate surface area is 171 Å². The van der Waals surface area contributed by atoms with Crippen molar-refractivity contribution in [2.45, 2.75) is 32.2 Å². The minimum absolute atomic E-state index is 0. The molecule has 0 amide bonds. The maximum Gasteiger partial charge on any atom is 0.191 e. The smallest absolute Gasteiger partial charge is 0.191 e. The van der Waals surface area contributed by atoms with Crippen molar-refractivity contribution in [2.24, 2.45) is 4.99 Å². The van der Waals surface area contributed by atoms with Gasteiger partial charge in [-0.15, -0.1) is 24.0 Å². The lowest BCUT2D eigenvalue weighted by Gasteiger charge is -2.15. The number of hydrogen-bond donors (Lipinski definition) is 3. The number of sulfone groups is 1. The fourth-order valence-corrected chi connectivity index (χ4v) is 4.66. The van der Waals surface area contributed by atoms with Gasteiger partial charge in [0.15, 0.2) is 15.8 Å². The van der Waals surface area contributed by atoms with Crippen LogP contribution in [-0.2, 0) is 16.3 Å². The van der Waals surface area contributed by atoms with Crippen LogP contribution in [0.25, 0.3) is 11.0 Å². The zero-order valence-electron chi connectivity index (χ0n) is 14.9. The van der Waals surface area contributed by atoms with Crippen molar-refractivity contribution in [3.63, 3.8) is 0 Å². The molecule has 1 aromatic carbocycles. The van der Waals surface area contributed by atoms with E-state index < -0.39 is 9.84 Å². The van der Waals surface area contributed by atoms with Crippen LogP contribution in [-0.4, -0.2) is 55.0 Å². The number of para-hydroxylation sites is 2. The van der Waals surface area contributed by atoms with Crippen molar-refractivity contribution in [1.82, 2.24) is 20.6 Å². The number of nitrogens with zero attached hydrogens (tertiary/aromatic N) is 2. The lowest BCUT2D eigenvalue weighted by atomic mass is 10.3. The molecule has 2 aromatic rings. The van der Waals surface area contributed by atoms with Crippen molar-refractivity contribution in [1.29, 1.82) is 0 Å². The largest absolute Gasteiger partial charge is 0.357 e. The molecule has 1 saturated heterocycles. The number of fused-ring (bicyclic) bond motifs is 1.